The number of nitrogens with one attached hydrogen (secondary N) is 1. The largest absolute Gasteiger partial charge is 0.314 e. The van der Waals surface area contributed by atoms with Crippen LogP contribution in [0.1, 0.15) is 30.9 Å². The quantitative estimate of drug-likeness (QED) is 0.891. The molecule has 2 rings (SSSR count). The van der Waals surface area contributed by atoms with E-state index in [9.17, 15) is 8.78 Å². The van der Waals surface area contributed by atoms with E-state index < -0.39 is 11.6 Å². The van der Waals surface area contributed by atoms with Crippen LogP contribution < -0.4 is 5.32 Å². The van der Waals surface area contributed by atoms with Gasteiger partial charge in [0.05, 0.1) is 0 Å². The van der Waals surface area contributed by atoms with Gasteiger partial charge >= 0.3 is 0 Å². The summed E-state index contributed by atoms with van der Waals surface area (Å²) in [5.41, 5.74) is 1.33. The van der Waals surface area contributed by atoms with Crippen LogP contribution >= 0.6 is 0 Å². The molecule has 1 aromatic rings. The lowest BCUT2D eigenvalue weighted by atomic mass is 10.00. The Morgan fingerprint density at radius 3 is 2.50 bits per heavy atom. The van der Waals surface area contributed by atoms with Gasteiger partial charge in [0.1, 0.15) is 0 Å². The van der Waals surface area contributed by atoms with Crippen LogP contribution in [0.4, 0.5) is 8.78 Å². The fourth-order valence-corrected chi connectivity index (χ4v) is 2.23. The van der Waals surface area contributed by atoms with Crippen LogP contribution in [0.5, 0.6) is 0 Å². The first-order valence-corrected chi connectivity index (χ1v) is 6.49. The SMILES string of the molecule is CC(C)c1cc(F)c(F)c(CN2CCNCC2)c1. The molecule has 0 atom stereocenters. The van der Waals surface area contributed by atoms with Gasteiger partial charge in [0.2, 0.25) is 0 Å². The van der Waals surface area contributed by atoms with Crippen LogP contribution in [-0.2, 0) is 6.54 Å². The summed E-state index contributed by atoms with van der Waals surface area (Å²) < 4.78 is 27.3. The fourth-order valence-electron chi connectivity index (χ4n) is 2.23. The molecule has 100 valence electrons. The third kappa shape index (κ3) is 3.06. The molecule has 4 heteroatoms. The number of piperazine rings is 1. The Kier molecular flexibility index (Phi) is 4.30. The van der Waals surface area contributed by atoms with Gasteiger partial charge in [-0.15, -0.1) is 0 Å². The number of rotatable bonds is 3. The van der Waals surface area contributed by atoms with Crippen molar-refractivity contribution in [3.05, 3.63) is 34.9 Å². The Bertz CT molecular complexity index is 413. The van der Waals surface area contributed by atoms with E-state index in [1.54, 1.807) is 6.07 Å². The second kappa shape index (κ2) is 5.76. The molecule has 2 nitrogen and oxygen atoms in total. The van der Waals surface area contributed by atoms with Gasteiger partial charge in [-0.3, -0.25) is 4.90 Å². The molecule has 0 spiro atoms. The van der Waals surface area contributed by atoms with Gasteiger partial charge in [0.25, 0.3) is 0 Å². The summed E-state index contributed by atoms with van der Waals surface area (Å²) in [4.78, 5) is 2.15. The Labute approximate surface area is 107 Å². The van der Waals surface area contributed by atoms with Crippen molar-refractivity contribution in [2.24, 2.45) is 0 Å². The van der Waals surface area contributed by atoms with Crippen LogP contribution in [0.3, 0.4) is 0 Å². The van der Waals surface area contributed by atoms with Crippen LogP contribution in [0.15, 0.2) is 12.1 Å². The average Bonchev–Trinajstić information content (AvgIpc) is 2.35. The van der Waals surface area contributed by atoms with Crippen molar-refractivity contribution in [3.8, 4) is 0 Å². The standard InChI is InChI=1S/C14H20F2N2/c1-10(2)11-7-12(14(16)13(15)8-11)9-18-5-3-17-4-6-18/h7-8,10,17H,3-6,9H2,1-2H3. The second-order valence-electron chi connectivity index (χ2n) is 5.16. The van der Waals surface area contributed by atoms with Gasteiger partial charge < -0.3 is 5.32 Å². The number of hydrogen-bond acceptors (Lipinski definition) is 2. The third-order valence-corrected chi connectivity index (χ3v) is 3.40. The predicted octanol–water partition coefficient (Wildman–Crippen LogP) is 2.49. The van der Waals surface area contributed by atoms with Crippen LogP contribution in [0.25, 0.3) is 0 Å². The Morgan fingerprint density at radius 2 is 1.89 bits per heavy atom. The average molecular weight is 254 g/mol. The van der Waals surface area contributed by atoms with Crippen molar-refractivity contribution in [2.75, 3.05) is 26.2 Å². The predicted molar refractivity (Wildman–Crippen MR) is 68.6 cm³/mol. The van der Waals surface area contributed by atoms with Crippen molar-refractivity contribution in [2.45, 2.75) is 26.3 Å². The minimum atomic E-state index is -0.730. The fraction of sp³-hybridized carbons (Fsp3) is 0.571. The molecule has 18 heavy (non-hydrogen) atoms. The molecule has 0 radical (unpaired) electrons. The van der Waals surface area contributed by atoms with E-state index in [1.807, 2.05) is 13.8 Å². The molecular formula is C14H20F2N2. The van der Waals surface area contributed by atoms with Gasteiger partial charge in [0, 0.05) is 38.3 Å². The molecular weight excluding hydrogens is 234 g/mol. The van der Waals surface area contributed by atoms with Gasteiger partial charge in [-0.05, 0) is 17.5 Å². The number of nitrogens with zero attached hydrogens (tertiary/aromatic N) is 1. The van der Waals surface area contributed by atoms with Crippen LogP contribution in [0.2, 0.25) is 0 Å². The van der Waals surface area contributed by atoms with Crippen LogP contribution in [0, 0.1) is 11.6 Å². The highest BCUT2D eigenvalue weighted by molar-refractivity contribution is 5.28. The maximum Gasteiger partial charge on any atom is 0.163 e. The van der Waals surface area contributed by atoms with E-state index >= 15 is 0 Å². The lowest BCUT2D eigenvalue weighted by Crippen LogP contribution is -2.43. The van der Waals surface area contributed by atoms with Crippen molar-refractivity contribution in [1.82, 2.24) is 10.2 Å². The molecule has 1 aliphatic heterocycles. The summed E-state index contributed by atoms with van der Waals surface area (Å²) in [6.07, 6.45) is 0. The smallest absolute Gasteiger partial charge is 0.163 e. The minimum absolute atomic E-state index is 0.210. The summed E-state index contributed by atoms with van der Waals surface area (Å²) in [5, 5.41) is 3.25. The summed E-state index contributed by atoms with van der Waals surface area (Å²) in [7, 11) is 0. The molecule has 0 saturated carbocycles. The van der Waals surface area contributed by atoms with Crippen LogP contribution in [-0.4, -0.2) is 31.1 Å². The van der Waals surface area contributed by atoms with E-state index in [0.717, 1.165) is 31.7 Å². The molecule has 1 aromatic carbocycles. The van der Waals surface area contributed by atoms with Crippen molar-refractivity contribution in [1.29, 1.82) is 0 Å². The van der Waals surface area contributed by atoms with Gasteiger partial charge in [-0.25, -0.2) is 8.78 Å². The zero-order valence-electron chi connectivity index (χ0n) is 11.0. The molecule has 1 N–H and O–H groups in total. The van der Waals surface area contributed by atoms with Crippen molar-refractivity contribution >= 4 is 0 Å². The lowest BCUT2D eigenvalue weighted by molar-refractivity contribution is 0.229. The van der Waals surface area contributed by atoms with Crippen molar-refractivity contribution in [3.63, 3.8) is 0 Å². The monoisotopic (exact) mass is 254 g/mol. The van der Waals surface area contributed by atoms with Gasteiger partial charge in [0.15, 0.2) is 11.6 Å². The van der Waals surface area contributed by atoms with E-state index in [-0.39, 0.29) is 5.92 Å². The summed E-state index contributed by atoms with van der Waals surface area (Å²) in [6.45, 7) is 8.05. The number of halogens is 2. The second-order valence-corrected chi connectivity index (χ2v) is 5.16. The Morgan fingerprint density at radius 1 is 1.22 bits per heavy atom. The molecule has 0 aromatic heterocycles. The first-order chi connectivity index (χ1) is 8.58. The van der Waals surface area contributed by atoms with Gasteiger partial charge in [-0.1, -0.05) is 19.9 Å². The summed E-state index contributed by atoms with van der Waals surface area (Å²) in [6, 6.07) is 3.10. The van der Waals surface area contributed by atoms with E-state index in [4.69, 9.17) is 0 Å². The number of benzene rings is 1. The zero-order valence-corrected chi connectivity index (χ0v) is 11.0. The zero-order chi connectivity index (χ0) is 13.1. The number of hydrogen-bond donors (Lipinski definition) is 1. The molecule has 1 aliphatic rings. The first kappa shape index (κ1) is 13.4. The summed E-state index contributed by atoms with van der Waals surface area (Å²) >= 11 is 0. The van der Waals surface area contributed by atoms with Crippen molar-refractivity contribution < 1.29 is 8.78 Å². The minimum Gasteiger partial charge on any atom is -0.314 e. The highest BCUT2D eigenvalue weighted by atomic mass is 19.2. The summed E-state index contributed by atoms with van der Waals surface area (Å²) in [5.74, 6) is -1.22. The van der Waals surface area contributed by atoms with E-state index in [2.05, 4.69) is 10.2 Å². The molecule has 1 saturated heterocycles. The molecule has 1 fully saturated rings. The molecule has 1 heterocycles. The van der Waals surface area contributed by atoms with Gasteiger partial charge in [-0.2, -0.15) is 0 Å². The highest BCUT2D eigenvalue weighted by Crippen LogP contribution is 2.22. The Balaban J connectivity index is 2.19. The van der Waals surface area contributed by atoms with E-state index in [0.29, 0.717) is 12.1 Å². The molecule has 0 amide bonds. The maximum absolute atomic E-state index is 13.8. The Hall–Kier alpha value is -1.00. The topological polar surface area (TPSA) is 15.3 Å². The lowest BCUT2D eigenvalue weighted by Gasteiger charge is -2.27. The molecule has 0 aliphatic carbocycles. The molecule has 0 unspecified atom stereocenters. The normalized spacial score (nSPS) is 17.4. The maximum atomic E-state index is 13.8. The highest BCUT2D eigenvalue weighted by Gasteiger charge is 2.16. The third-order valence-electron chi connectivity index (χ3n) is 3.40. The van der Waals surface area contributed by atoms with E-state index in [1.165, 1.54) is 6.07 Å². The first-order valence-electron chi connectivity index (χ1n) is 6.49. The molecule has 0 bridgehead atoms.